The summed E-state index contributed by atoms with van der Waals surface area (Å²) in [6.07, 6.45) is 6.06. The summed E-state index contributed by atoms with van der Waals surface area (Å²) in [6.45, 7) is 4.89. The number of rotatable bonds is 3. The minimum absolute atomic E-state index is 0.328. The molecule has 0 radical (unpaired) electrons. The molecule has 0 aromatic carbocycles. The van der Waals surface area contributed by atoms with E-state index in [1.54, 1.807) is 11.3 Å². The number of thiophene rings is 1. The molecular formula is C16H24N2OS. The fourth-order valence-corrected chi connectivity index (χ4v) is 4.37. The first-order valence-electron chi connectivity index (χ1n) is 7.82. The predicted molar refractivity (Wildman–Crippen MR) is 82.9 cm³/mol. The van der Waals surface area contributed by atoms with Crippen molar-refractivity contribution in [1.29, 1.82) is 0 Å². The van der Waals surface area contributed by atoms with E-state index >= 15 is 0 Å². The number of piperidine rings is 1. The highest BCUT2D eigenvalue weighted by Gasteiger charge is 2.32. The van der Waals surface area contributed by atoms with Crippen LogP contribution in [0.5, 0.6) is 0 Å². The maximum atomic E-state index is 12.7. The molecule has 4 heteroatoms. The molecule has 2 fully saturated rings. The van der Waals surface area contributed by atoms with Crippen LogP contribution in [0.2, 0.25) is 0 Å². The zero-order chi connectivity index (χ0) is 13.9. The van der Waals surface area contributed by atoms with Crippen molar-refractivity contribution in [1.82, 2.24) is 9.80 Å². The van der Waals surface area contributed by atoms with E-state index in [-0.39, 0.29) is 0 Å². The topological polar surface area (TPSA) is 23.6 Å². The summed E-state index contributed by atoms with van der Waals surface area (Å²) >= 11 is 1.78. The highest BCUT2D eigenvalue weighted by molar-refractivity contribution is 7.10. The van der Waals surface area contributed by atoms with E-state index in [1.807, 2.05) is 0 Å². The monoisotopic (exact) mass is 292 g/mol. The third kappa shape index (κ3) is 2.91. The molecule has 0 bridgehead atoms. The lowest BCUT2D eigenvalue weighted by Crippen LogP contribution is -2.45. The second-order valence-electron chi connectivity index (χ2n) is 6.08. The molecule has 20 heavy (non-hydrogen) atoms. The van der Waals surface area contributed by atoms with Crippen molar-refractivity contribution in [2.24, 2.45) is 0 Å². The molecule has 0 N–H and O–H groups in total. The highest BCUT2D eigenvalue weighted by Crippen LogP contribution is 2.34. The van der Waals surface area contributed by atoms with Gasteiger partial charge >= 0.3 is 0 Å². The minimum atomic E-state index is 0.328. The summed E-state index contributed by atoms with van der Waals surface area (Å²) in [5.74, 6) is 0.328. The Morgan fingerprint density at radius 3 is 2.95 bits per heavy atom. The van der Waals surface area contributed by atoms with Crippen LogP contribution in [0.1, 0.15) is 49.9 Å². The first-order chi connectivity index (χ1) is 9.75. The quantitative estimate of drug-likeness (QED) is 0.853. The van der Waals surface area contributed by atoms with Gasteiger partial charge in [-0.25, -0.2) is 0 Å². The number of amides is 1. The van der Waals surface area contributed by atoms with Crippen molar-refractivity contribution in [3.63, 3.8) is 0 Å². The molecule has 0 saturated carbocycles. The molecule has 2 aliphatic heterocycles. The fraction of sp³-hybridized carbons (Fsp3) is 0.688. The molecule has 3 heterocycles. The molecule has 0 aliphatic carbocycles. The van der Waals surface area contributed by atoms with Gasteiger partial charge in [-0.05, 0) is 50.6 Å². The molecule has 2 saturated heterocycles. The minimum Gasteiger partial charge on any atom is -0.334 e. The molecule has 2 aliphatic rings. The van der Waals surface area contributed by atoms with Gasteiger partial charge in [-0.3, -0.25) is 9.69 Å². The molecule has 1 amide bonds. The van der Waals surface area contributed by atoms with Gasteiger partial charge in [-0.1, -0.05) is 12.5 Å². The summed E-state index contributed by atoms with van der Waals surface area (Å²) in [5.41, 5.74) is 0. The molecule has 1 aromatic rings. The van der Waals surface area contributed by atoms with Gasteiger partial charge in [-0.2, -0.15) is 0 Å². The zero-order valence-corrected chi connectivity index (χ0v) is 13.1. The van der Waals surface area contributed by atoms with Crippen LogP contribution in [0.25, 0.3) is 0 Å². The smallest absolute Gasteiger partial charge is 0.237 e. The average Bonchev–Trinajstić information content (AvgIpc) is 3.11. The van der Waals surface area contributed by atoms with Gasteiger partial charge in [-0.15, -0.1) is 11.3 Å². The summed E-state index contributed by atoms with van der Waals surface area (Å²) in [6, 6.07) is 5.16. The van der Waals surface area contributed by atoms with Gasteiger partial charge < -0.3 is 4.90 Å². The van der Waals surface area contributed by atoms with Crippen molar-refractivity contribution in [2.45, 2.75) is 51.1 Å². The Bertz CT molecular complexity index is 445. The van der Waals surface area contributed by atoms with Crippen LogP contribution >= 0.6 is 11.3 Å². The van der Waals surface area contributed by atoms with Crippen molar-refractivity contribution in [2.75, 3.05) is 19.6 Å². The van der Waals surface area contributed by atoms with Crippen LogP contribution < -0.4 is 0 Å². The van der Waals surface area contributed by atoms with E-state index in [1.165, 1.54) is 24.1 Å². The Balaban J connectivity index is 1.64. The van der Waals surface area contributed by atoms with Crippen LogP contribution in [0.4, 0.5) is 0 Å². The number of carbonyl (C=O) groups is 1. The van der Waals surface area contributed by atoms with E-state index in [0.717, 1.165) is 25.9 Å². The summed E-state index contributed by atoms with van der Waals surface area (Å²) < 4.78 is 0. The van der Waals surface area contributed by atoms with Gasteiger partial charge in [0.25, 0.3) is 0 Å². The van der Waals surface area contributed by atoms with Crippen LogP contribution in [0.15, 0.2) is 17.5 Å². The standard InChI is InChI=1S/C16H24N2OS/c1-13-6-2-3-9-17(13)12-16(19)18-10-4-7-14(18)15-8-5-11-20-15/h5,8,11,13-14H,2-4,6-7,9-10,12H2,1H3. The third-order valence-electron chi connectivity index (χ3n) is 4.72. The van der Waals surface area contributed by atoms with Crippen LogP contribution in [0, 0.1) is 0 Å². The second kappa shape index (κ2) is 6.27. The normalized spacial score (nSPS) is 27.9. The lowest BCUT2D eigenvalue weighted by molar-refractivity contribution is -0.134. The van der Waals surface area contributed by atoms with E-state index in [0.29, 0.717) is 24.5 Å². The van der Waals surface area contributed by atoms with Crippen molar-refractivity contribution in [3.8, 4) is 0 Å². The molecular weight excluding hydrogens is 268 g/mol. The zero-order valence-electron chi connectivity index (χ0n) is 12.3. The van der Waals surface area contributed by atoms with Crippen molar-refractivity contribution >= 4 is 17.2 Å². The average molecular weight is 292 g/mol. The lowest BCUT2D eigenvalue weighted by atomic mass is 10.0. The molecule has 3 nitrogen and oxygen atoms in total. The fourth-order valence-electron chi connectivity index (χ4n) is 3.50. The summed E-state index contributed by atoms with van der Waals surface area (Å²) in [4.78, 5) is 18.5. The van der Waals surface area contributed by atoms with Crippen LogP contribution in [0.3, 0.4) is 0 Å². The van der Waals surface area contributed by atoms with Crippen molar-refractivity contribution < 1.29 is 4.79 Å². The Kier molecular flexibility index (Phi) is 4.41. The maximum absolute atomic E-state index is 12.7. The van der Waals surface area contributed by atoms with Gasteiger partial charge in [0.05, 0.1) is 12.6 Å². The predicted octanol–water partition coefficient (Wildman–Crippen LogP) is 3.29. The third-order valence-corrected chi connectivity index (χ3v) is 5.70. The first kappa shape index (κ1) is 14.1. The van der Waals surface area contributed by atoms with E-state index in [4.69, 9.17) is 0 Å². The Morgan fingerprint density at radius 1 is 1.30 bits per heavy atom. The number of carbonyl (C=O) groups excluding carboxylic acids is 1. The molecule has 110 valence electrons. The highest BCUT2D eigenvalue weighted by atomic mass is 32.1. The Hall–Kier alpha value is -0.870. The molecule has 3 rings (SSSR count). The summed E-state index contributed by atoms with van der Waals surface area (Å²) in [5, 5.41) is 2.11. The number of likely N-dealkylation sites (tertiary alicyclic amines) is 2. The van der Waals surface area contributed by atoms with Crippen LogP contribution in [-0.2, 0) is 4.79 Å². The Labute approximate surface area is 125 Å². The van der Waals surface area contributed by atoms with Crippen LogP contribution in [-0.4, -0.2) is 41.4 Å². The molecule has 0 spiro atoms. The van der Waals surface area contributed by atoms with Gasteiger partial charge in [0.15, 0.2) is 0 Å². The van der Waals surface area contributed by atoms with E-state index in [2.05, 4.69) is 34.2 Å². The van der Waals surface area contributed by atoms with Gasteiger partial charge in [0.2, 0.25) is 5.91 Å². The molecule has 2 atom stereocenters. The number of hydrogen-bond acceptors (Lipinski definition) is 3. The van der Waals surface area contributed by atoms with Gasteiger partial charge in [0, 0.05) is 17.5 Å². The van der Waals surface area contributed by atoms with E-state index in [9.17, 15) is 4.79 Å². The lowest BCUT2D eigenvalue weighted by Gasteiger charge is -2.34. The summed E-state index contributed by atoms with van der Waals surface area (Å²) in [7, 11) is 0. The second-order valence-corrected chi connectivity index (χ2v) is 7.06. The molecule has 2 unspecified atom stereocenters. The number of nitrogens with zero attached hydrogens (tertiary/aromatic N) is 2. The first-order valence-corrected chi connectivity index (χ1v) is 8.70. The Morgan fingerprint density at radius 2 is 2.20 bits per heavy atom. The SMILES string of the molecule is CC1CCCCN1CC(=O)N1CCCC1c1cccs1. The van der Waals surface area contributed by atoms with Crippen molar-refractivity contribution in [3.05, 3.63) is 22.4 Å². The molecule has 1 aromatic heterocycles. The maximum Gasteiger partial charge on any atom is 0.237 e. The van der Waals surface area contributed by atoms with E-state index < -0.39 is 0 Å². The van der Waals surface area contributed by atoms with Gasteiger partial charge in [0.1, 0.15) is 0 Å². The number of hydrogen-bond donors (Lipinski definition) is 0. The largest absolute Gasteiger partial charge is 0.334 e.